The number of rotatable bonds is 10. The highest BCUT2D eigenvalue weighted by Gasteiger charge is 2.48. The van der Waals surface area contributed by atoms with Gasteiger partial charge in [0.25, 0.3) is 23.6 Å². The molecule has 0 atom stereocenters. The van der Waals surface area contributed by atoms with E-state index in [2.05, 4.69) is 66.0 Å². The summed E-state index contributed by atoms with van der Waals surface area (Å²) in [7, 11) is 0. The molecule has 2 aromatic carbocycles. The van der Waals surface area contributed by atoms with Crippen LogP contribution >= 0.6 is 0 Å². The molecule has 284 valence electrons. The Kier molecular flexibility index (Phi) is 9.93. The summed E-state index contributed by atoms with van der Waals surface area (Å²) in [4.78, 5) is 81.7. The Labute approximate surface area is 310 Å². The SMILES string of the molecule is CC1(C)CC(N2C(=O)c3ccc(C(=O)OCCOCCOC(=O)c4ccc5c(c4)C(=O)N(C4CC(C)(C)NC(C)(C)C4)C5=O)cc3C2=O)CC(C)(C)N1. The molecule has 0 aromatic heterocycles. The number of imide groups is 2. The van der Waals surface area contributed by atoms with Crippen molar-refractivity contribution in [3.63, 3.8) is 0 Å². The number of hydrogen-bond donors (Lipinski definition) is 2. The van der Waals surface area contributed by atoms with Gasteiger partial charge in [0.15, 0.2) is 0 Å². The number of nitrogens with zero attached hydrogens (tertiary/aromatic N) is 2. The fourth-order valence-electron chi connectivity index (χ4n) is 8.99. The second-order valence-corrected chi connectivity index (χ2v) is 17.3. The van der Waals surface area contributed by atoms with Gasteiger partial charge in [-0.1, -0.05) is 0 Å². The molecule has 4 aliphatic rings. The highest BCUT2D eigenvalue weighted by Crippen LogP contribution is 2.38. The second-order valence-electron chi connectivity index (χ2n) is 17.3. The van der Waals surface area contributed by atoms with Crippen LogP contribution in [0.15, 0.2) is 36.4 Å². The van der Waals surface area contributed by atoms with E-state index in [0.717, 1.165) is 0 Å². The zero-order chi connectivity index (χ0) is 38.7. The van der Waals surface area contributed by atoms with E-state index in [1.54, 1.807) is 0 Å². The minimum absolute atomic E-state index is 0.0241. The zero-order valence-electron chi connectivity index (χ0n) is 31.8. The van der Waals surface area contributed by atoms with Crippen molar-refractivity contribution in [3.8, 4) is 0 Å². The zero-order valence-corrected chi connectivity index (χ0v) is 31.8. The maximum absolute atomic E-state index is 13.4. The van der Waals surface area contributed by atoms with Crippen LogP contribution in [0.25, 0.3) is 0 Å². The van der Waals surface area contributed by atoms with Gasteiger partial charge >= 0.3 is 11.9 Å². The quantitative estimate of drug-likeness (QED) is 0.201. The van der Waals surface area contributed by atoms with Crippen molar-refractivity contribution < 1.29 is 43.0 Å². The molecule has 0 radical (unpaired) electrons. The van der Waals surface area contributed by atoms with E-state index in [4.69, 9.17) is 14.2 Å². The Bertz CT molecular complexity index is 1720. The van der Waals surface area contributed by atoms with Crippen molar-refractivity contribution in [1.29, 1.82) is 0 Å². The Morgan fingerprint density at radius 3 is 1.21 bits per heavy atom. The molecule has 4 aliphatic heterocycles. The van der Waals surface area contributed by atoms with Gasteiger partial charge in [0.1, 0.15) is 13.2 Å². The molecular weight excluding hydrogens is 680 g/mol. The summed E-state index contributed by atoms with van der Waals surface area (Å²) in [5.41, 5.74) is 0.135. The summed E-state index contributed by atoms with van der Waals surface area (Å²) >= 11 is 0. The summed E-state index contributed by atoms with van der Waals surface area (Å²) in [5, 5.41) is 7.13. The maximum Gasteiger partial charge on any atom is 0.338 e. The number of piperidine rings is 2. The van der Waals surface area contributed by atoms with Gasteiger partial charge in [0.05, 0.1) is 46.6 Å². The lowest BCUT2D eigenvalue weighted by molar-refractivity contribution is 0.0150. The van der Waals surface area contributed by atoms with Crippen molar-refractivity contribution >= 4 is 35.6 Å². The van der Waals surface area contributed by atoms with Gasteiger partial charge in [-0.3, -0.25) is 29.0 Å². The molecule has 0 spiro atoms. The first-order chi connectivity index (χ1) is 24.7. The lowest BCUT2D eigenvalue weighted by Crippen LogP contribution is -2.62. The van der Waals surface area contributed by atoms with Crippen molar-refractivity contribution in [2.45, 2.75) is 115 Å². The summed E-state index contributed by atoms with van der Waals surface area (Å²) < 4.78 is 16.1. The molecule has 2 saturated heterocycles. The largest absolute Gasteiger partial charge is 0.460 e. The van der Waals surface area contributed by atoms with Crippen LogP contribution in [0.3, 0.4) is 0 Å². The van der Waals surface area contributed by atoms with Crippen molar-refractivity contribution in [1.82, 2.24) is 20.4 Å². The lowest BCUT2D eigenvalue weighted by Gasteiger charge is -2.48. The van der Waals surface area contributed by atoms with Crippen LogP contribution in [0.1, 0.15) is 143 Å². The number of amides is 4. The summed E-state index contributed by atoms with van der Waals surface area (Å²) in [6.07, 6.45) is 2.45. The van der Waals surface area contributed by atoms with Gasteiger partial charge in [-0.25, -0.2) is 9.59 Å². The fraction of sp³-hybridized carbons (Fsp3) is 0.550. The van der Waals surface area contributed by atoms with Gasteiger partial charge in [-0.15, -0.1) is 0 Å². The average Bonchev–Trinajstić information content (AvgIpc) is 3.44. The molecule has 2 N–H and O–H groups in total. The van der Waals surface area contributed by atoms with E-state index in [-0.39, 0.29) is 106 Å². The summed E-state index contributed by atoms with van der Waals surface area (Å²) in [5.74, 6) is -2.87. The van der Waals surface area contributed by atoms with Crippen LogP contribution in [-0.2, 0) is 14.2 Å². The number of hydrogen-bond acceptors (Lipinski definition) is 11. The van der Waals surface area contributed by atoms with Gasteiger partial charge in [-0.05, 0) is 117 Å². The Morgan fingerprint density at radius 1 is 0.547 bits per heavy atom. The predicted molar refractivity (Wildman–Crippen MR) is 194 cm³/mol. The van der Waals surface area contributed by atoms with E-state index in [9.17, 15) is 28.8 Å². The van der Waals surface area contributed by atoms with E-state index in [1.807, 2.05) is 0 Å². The Morgan fingerprint density at radius 2 is 0.868 bits per heavy atom. The second kappa shape index (κ2) is 13.7. The van der Waals surface area contributed by atoms with Crippen LogP contribution in [0.2, 0.25) is 0 Å². The highest BCUT2D eigenvalue weighted by molar-refractivity contribution is 6.23. The minimum atomic E-state index is -0.665. The maximum atomic E-state index is 13.4. The Balaban J connectivity index is 0.951. The summed E-state index contributed by atoms with van der Waals surface area (Å²) in [6, 6.07) is 8.20. The van der Waals surface area contributed by atoms with Gasteiger partial charge < -0.3 is 24.8 Å². The van der Waals surface area contributed by atoms with Crippen LogP contribution < -0.4 is 10.6 Å². The molecule has 0 bridgehead atoms. The van der Waals surface area contributed by atoms with Crippen LogP contribution in [0.5, 0.6) is 0 Å². The Hall–Kier alpha value is -4.46. The van der Waals surface area contributed by atoms with E-state index in [1.165, 1.54) is 46.2 Å². The third kappa shape index (κ3) is 7.92. The van der Waals surface area contributed by atoms with Crippen LogP contribution in [-0.4, -0.2) is 106 Å². The van der Waals surface area contributed by atoms with E-state index < -0.39 is 23.8 Å². The van der Waals surface area contributed by atoms with Crippen molar-refractivity contribution in [3.05, 3.63) is 69.8 Å². The monoisotopic (exact) mass is 730 g/mol. The van der Waals surface area contributed by atoms with Crippen LogP contribution in [0.4, 0.5) is 0 Å². The van der Waals surface area contributed by atoms with Crippen molar-refractivity contribution in [2.75, 3.05) is 26.4 Å². The fourth-order valence-corrected chi connectivity index (χ4v) is 8.99. The number of ether oxygens (including phenoxy) is 3. The molecule has 4 heterocycles. The third-order valence-electron chi connectivity index (χ3n) is 10.3. The first-order valence-corrected chi connectivity index (χ1v) is 18.2. The molecule has 13 nitrogen and oxygen atoms in total. The van der Waals surface area contributed by atoms with E-state index >= 15 is 0 Å². The van der Waals surface area contributed by atoms with E-state index in [0.29, 0.717) is 25.7 Å². The van der Waals surface area contributed by atoms with Gasteiger partial charge in [0, 0.05) is 34.2 Å². The average molecular weight is 731 g/mol. The number of esters is 2. The lowest BCUT2D eigenvalue weighted by atomic mass is 9.79. The standard InChI is InChI=1S/C40H50N4O9/c1-37(2)19-25(20-38(3,4)41-37)43-31(45)27-11-9-23(17-29(27)33(43)47)35(49)52-15-13-51-14-16-53-36(50)24-10-12-28-30(18-24)34(48)44(32(28)46)26-21-39(5,6)42-40(7,8)22-26/h9-12,17-18,25-26,41-42H,13-16,19-22H2,1-8H3. The normalized spacial score (nSPS) is 21.8. The molecule has 0 aliphatic carbocycles. The molecule has 4 amide bonds. The smallest absolute Gasteiger partial charge is 0.338 e. The molecule has 53 heavy (non-hydrogen) atoms. The topological polar surface area (TPSA) is 161 Å². The summed E-state index contributed by atoms with van der Waals surface area (Å²) in [6.45, 7) is 16.3. The number of benzene rings is 2. The minimum Gasteiger partial charge on any atom is -0.460 e. The molecule has 2 fully saturated rings. The molecule has 13 heteroatoms. The number of nitrogens with one attached hydrogen (secondary N) is 2. The molecule has 0 unspecified atom stereocenters. The van der Waals surface area contributed by atoms with Gasteiger partial charge in [-0.2, -0.15) is 0 Å². The molecule has 2 aromatic rings. The number of carbonyl (C=O) groups is 6. The number of fused-ring (bicyclic) bond motifs is 2. The first-order valence-electron chi connectivity index (χ1n) is 18.2. The molecule has 6 rings (SSSR count). The highest BCUT2D eigenvalue weighted by atomic mass is 16.6. The predicted octanol–water partition coefficient (Wildman–Crippen LogP) is 4.53. The van der Waals surface area contributed by atoms with Gasteiger partial charge in [0.2, 0.25) is 0 Å². The van der Waals surface area contributed by atoms with Crippen molar-refractivity contribution in [2.24, 2.45) is 0 Å². The number of carbonyl (C=O) groups excluding carboxylic acids is 6. The third-order valence-corrected chi connectivity index (χ3v) is 10.3. The molecular formula is C40H50N4O9. The first kappa shape index (κ1) is 38.3. The van der Waals surface area contributed by atoms with Crippen LogP contribution in [0, 0.1) is 0 Å². The molecule has 0 saturated carbocycles.